The number of benzene rings is 3. The molecule has 0 unspecified atom stereocenters. The van der Waals surface area contributed by atoms with Crippen molar-refractivity contribution in [2.24, 2.45) is 5.10 Å². The Bertz CT molecular complexity index is 1150. The molecule has 0 fully saturated rings. The molecule has 3 aromatic rings. The first-order valence-electron chi connectivity index (χ1n) is 9.66. The predicted octanol–water partition coefficient (Wildman–Crippen LogP) is 4.35. The van der Waals surface area contributed by atoms with Gasteiger partial charge in [-0.05, 0) is 54.1 Å². The minimum absolute atomic E-state index is 0.221. The molecule has 1 amide bonds. The number of nitrogens with zero attached hydrogens (tertiary/aromatic N) is 1. The molecule has 0 aliphatic heterocycles. The summed E-state index contributed by atoms with van der Waals surface area (Å²) in [4.78, 5) is 24.8. The zero-order chi connectivity index (χ0) is 23.8. The van der Waals surface area contributed by atoms with E-state index >= 15 is 0 Å². The molecule has 0 aliphatic carbocycles. The van der Waals surface area contributed by atoms with Gasteiger partial charge < -0.3 is 18.9 Å². The Hall–Kier alpha value is -4.04. The first-order valence-corrected chi connectivity index (χ1v) is 10.0. The fraction of sp³-hybridized carbons (Fsp3) is 0.125. The minimum Gasteiger partial charge on any atom is -0.493 e. The van der Waals surface area contributed by atoms with Gasteiger partial charge in [0, 0.05) is 10.6 Å². The summed E-state index contributed by atoms with van der Waals surface area (Å²) in [6.45, 7) is 0. The lowest BCUT2D eigenvalue weighted by Crippen LogP contribution is -2.17. The number of halogens is 1. The van der Waals surface area contributed by atoms with Gasteiger partial charge in [-0.2, -0.15) is 5.10 Å². The van der Waals surface area contributed by atoms with Gasteiger partial charge in [0.05, 0.1) is 33.1 Å². The number of methoxy groups -OCH3 is 3. The van der Waals surface area contributed by atoms with E-state index in [-0.39, 0.29) is 11.5 Å². The van der Waals surface area contributed by atoms with Crippen molar-refractivity contribution < 1.29 is 28.5 Å². The number of hydrogen-bond donors (Lipinski definition) is 1. The number of carbonyl (C=O) groups is 2. The molecule has 3 aromatic carbocycles. The van der Waals surface area contributed by atoms with Crippen molar-refractivity contribution in [3.05, 3.63) is 82.4 Å². The van der Waals surface area contributed by atoms with Gasteiger partial charge in [-0.3, -0.25) is 4.79 Å². The van der Waals surface area contributed by atoms with E-state index in [1.54, 1.807) is 48.5 Å². The molecule has 33 heavy (non-hydrogen) atoms. The average Bonchev–Trinajstić information content (AvgIpc) is 2.83. The van der Waals surface area contributed by atoms with E-state index in [9.17, 15) is 9.59 Å². The maximum atomic E-state index is 12.7. The maximum absolute atomic E-state index is 12.7. The first kappa shape index (κ1) is 23.6. The summed E-state index contributed by atoms with van der Waals surface area (Å²) in [6.07, 6.45) is 1.44. The Morgan fingerprint density at radius 1 is 0.879 bits per heavy atom. The highest BCUT2D eigenvalue weighted by molar-refractivity contribution is 6.30. The van der Waals surface area contributed by atoms with E-state index in [1.165, 1.54) is 39.7 Å². The topological polar surface area (TPSA) is 95.5 Å². The lowest BCUT2D eigenvalue weighted by molar-refractivity contribution is 0.0733. The second-order valence-electron chi connectivity index (χ2n) is 6.58. The van der Waals surface area contributed by atoms with E-state index in [1.807, 2.05) is 0 Å². The Kier molecular flexibility index (Phi) is 7.88. The van der Waals surface area contributed by atoms with Gasteiger partial charge in [0.25, 0.3) is 5.91 Å². The molecular weight excluding hydrogens is 448 g/mol. The number of hydrazone groups is 1. The maximum Gasteiger partial charge on any atom is 0.343 e. The standard InChI is InChI=1S/C24H21ClN2O6/c1-30-20-12-17(13-21(31-2)22(20)32-3)24(29)33-19-6-4-5-15(11-19)14-26-27-23(28)16-7-9-18(25)10-8-16/h4-14H,1-3H3,(H,27,28)/b26-14+. The summed E-state index contributed by atoms with van der Waals surface area (Å²) < 4.78 is 21.3. The van der Waals surface area contributed by atoms with E-state index in [0.29, 0.717) is 39.1 Å². The van der Waals surface area contributed by atoms with Crippen molar-refractivity contribution in [3.63, 3.8) is 0 Å². The Balaban J connectivity index is 1.69. The second kappa shape index (κ2) is 11.0. The molecule has 0 radical (unpaired) electrons. The van der Waals surface area contributed by atoms with Crippen LogP contribution >= 0.6 is 11.6 Å². The normalized spacial score (nSPS) is 10.5. The van der Waals surface area contributed by atoms with Crippen molar-refractivity contribution in [2.75, 3.05) is 21.3 Å². The molecule has 170 valence electrons. The molecule has 0 heterocycles. The van der Waals surface area contributed by atoms with Crippen molar-refractivity contribution in [3.8, 4) is 23.0 Å². The van der Waals surface area contributed by atoms with Crippen molar-refractivity contribution in [1.82, 2.24) is 5.43 Å². The summed E-state index contributed by atoms with van der Waals surface area (Å²) in [5.41, 5.74) is 3.68. The van der Waals surface area contributed by atoms with Crippen molar-refractivity contribution in [1.29, 1.82) is 0 Å². The number of esters is 1. The number of rotatable bonds is 8. The highest BCUT2D eigenvalue weighted by atomic mass is 35.5. The molecule has 9 heteroatoms. The van der Waals surface area contributed by atoms with E-state index in [2.05, 4.69) is 10.5 Å². The molecule has 0 saturated heterocycles. The van der Waals surface area contributed by atoms with Crippen LogP contribution in [0.3, 0.4) is 0 Å². The first-order chi connectivity index (χ1) is 15.9. The second-order valence-corrected chi connectivity index (χ2v) is 7.02. The van der Waals surface area contributed by atoms with Crippen molar-refractivity contribution >= 4 is 29.7 Å². The summed E-state index contributed by atoms with van der Waals surface area (Å²) in [5.74, 6) is 0.339. The summed E-state index contributed by atoms with van der Waals surface area (Å²) in [7, 11) is 4.39. The molecule has 0 bridgehead atoms. The third-order valence-electron chi connectivity index (χ3n) is 4.46. The summed E-state index contributed by atoms with van der Waals surface area (Å²) in [5, 5.41) is 4.47. The van der Waals surface area contributed by atoms with Gasteiger partial charge in [0.2, 0.25) is 5.75 Å². The monoisotopic (exact) mass is 468 g/mol. The zero-order valence-electron chi connectivity index (χ0n) is 18.1. The van der Waals surface area contributed by atoms with Crippen LogP contribution in [0.4, 0.5) is 0 Å². The van der Waals surface area contributed by atoms with Crippen LogP contribution in [0.2, 0.25) is 5.02 Å². The van der Waals surface area contributed by atoms with Crippen LogP contribution in [-0.4, -0.2) is 39.4 Å². The summed E-state index contributed by atoms with van der Waals surface area (Å²) in [6, 6.07) is 16.1. The van der Waals surface area contributed by atoms with Crippen molar-refractivity contribution in [2.45, 2.75) is 0 Å². The summed E-state index contributed by atoms with van der Waals surface area (Å²) >= 11 is 5.82. The van der Waals surface area contributed by atoms with Gasteiger partial charge in [0.15, 0.2) is 11.5 Å². The number of ether oxygens (including phenoxy) is 4. The molecule has 0 spiro atoms. The van der Waals surface area contributed by atoms with Crippen LogP contribution < -0.4 is 24.4 Å². The molecule has 8 nitrogen and oxygen atoms in total. The predicted molar refractivity (Wildman–Crippen MR) is 124 cm³/mol. The van der Waals surface area contributed by atoms with Crippen LogP contribution in [0.5, 0.6) is 23.0 Å². The Morgan fingerprint density at radius 2 is 1.55 bits per heavy atom. The fourth-order valence-electron chi connectivity index (χ4n) is 2.85. The van der Waals surface area contributed by atoms with Gasteiger partial charge in [-0.25, -0.2) is 10.2 Å². The minimum atomic E-state index is -0.612. The number of carbonyl (C=O) groups excluding carboxylic acids is 2. The highest BCUT2D eigenvalue weighted by Gasteiger charge is 2.18. The molecule has 1 N–H and O–H groups in total. The van der Waals surface area contributed by atoms with E-state index in [0.717, 1.165) is 0 Å². The Labute approximate surface area is 195 Å². The number of nitrogens with one attached hydrogen (secondary N) is 1. The average molecular weight is 469 g/mol. The third kappa shape index (κ3) is 6.02. The molecule has 0 atom stereocenters. The van der Waals surface area contributed by atoms with Gasteiger partial charge in [-0.1, -0.05) is 23.7 Å². The van der Waals surface area contributed by atoms with Crippen LogP contribution in [0.15, 0.2) is 65.8 Å². The number of amides is 1. The van der Waals surface area contributed by atoms with Crippen LogP contribution in [0.25, 0.3) is 0 Å². The lowest BCUT2D eigenvalue weighted by Gasteiger charge is -2.13. The third-order valence-corrected chi connectivity index (χ3v) is 4.71. The van der Waals surface area contributed by atoms with E-state index < -0.39 is 5.97 Å². The lowest BCUT2D eigenvalue weighted by atomic mass is 10.1. The van der Waals surface area contributed by atoms with Crippen LogP contribution in [-0.2, 0) is 0 Å². The largest absolute Gasteiger partial charge is 0.493 e. The van der Waals surface area contributed by atoms with Gasteiger partial charge in [0.1, 0.15) is 5.75 Å². The molecular formula is C24H21ClN2O6. The molecule has 0 saturated carbocycles. The SMILES string of the molecule is COc1cc(C(=O)Oc2cccc(/C=N/NC(=O)c3ccc(Cl)cc3)c2)cc(OC)c1OC. The Morgan fingerprint density at radius 3 is 2.15 bits per heavy atom. The van der Waals surface area contributed by atoms with E-state index in [4.69, 9.17) is 30.5 Å². The van der Waals surface area contributed by atoms with Crippen LogP contribution in [0, 0.1) is 0 Å². The highest BCUT2D eigenvalue weighted by Crippen LogP contribution is 2.38. The van der Waals surface area contributed by atoms with Crippen LogP contribution in [0.1, 0.15) is 26.3 Å². The smallest absolute Gasteiger partial charge is 0.343 e. The fourth-order valence-corrected chi connectivity index (χ4v) is 2.98. The molecule has 3 rings (SSSR count). The van der Waals surface area contributed by atoms with Gasteiger partial charge >= 0.3 is 5.97 Å². The molecule has 0 aromatic heterocycles. The number of hydrogen-bond acceptors (Lipinski definition) is 7. The zero-order valence-corrected chi connectivity index (χ0v) is 18.9. The quantitative estimate of drug-likeness (QED) is 0.228. The molecule has 0 aliphatic rings. The van der Waals surface area contributed by atoms with Gasteiger partial charge in [-0.15, -0.1) is 0 Å².